The lowest BCUT2D eigenvalue weighted by atomic mass is 9.96. The summed E-state index contributed by atoms with van der Waals surface area (Å²) < 4.78 is 11.7. The molecule has 1 atom stereocenters. The number of benzene rings is 1. The number of carbonyl (C=O) groups excluding carboxylic acids is 2. The average molecular weight is 362 g/mol. The molecule has 2 aliphatic rings. The van der Waals surface area contributed by atoms with Crippen molar-refractivity contribution in [2.45, 2.75) is 25.9 Å². The minimum atomic E-state index is -0.222. The van der Waals surface area contributed by atoms with Crippen LogP contribution in [0.5, 0.6) is 11.5 Å². The zero-order valence-corrected chi connectivity index (χ0v) is 15.3. The summed E-state index contributed by atoms with van der Waals surface area (Å²) in [6.45, 7) is 5.64. The van der Waals surface area contributed by atoms with Crippen molar-refractivity contribution in [1.82, 2.24) is 4.90 Å². The van der Waals surface area contributed by atoms with E-state index in [4.69, 9.17) is 15.2 Å². The number of nitrogens with one attached hydrogen (secondary N) is 1. The Morgan fingerprint density at radius 2 is 1.92 bits per heavy atom. The van der Waals surface area contributed by atoms with Crippen LogP contribution in [-0.4, -0.2) is 62.1 Å². The molecular weight excluding hydrogens is 334 g/mol. The number of rotatable bonds is 6. The maximum atomic E-state index is 12.7. The van der Waals surface area contributed by atoms with Gasteiger partial charge < -0.3 is 25.0 Å². The molecule has 0 unspecified atom stereocenters. The number of nitrogens with zero attached hydrogens (tertiary/aromatic N) is 1. The number of hydrogen-bond acceptors (Lipinski definition) is 4. The summed E-state index contributed by atoms with van der Waals surface area (Å²) in [5.74, 6) is 1.33. The molecule has 0 saturated carbocycles. The summed E-state index contributed by atoms with van der Waals surface area (Å²) in [5.41, 5.74) is 5.37. The smallest absolute Gasteiger partial charge is 0.277 e. The van der Waals surface area contributed by atoms with Crippen molar-refractivity contribution in [3.05, 3.63) is 24.3 Å². The van der Waals surface area contributed by atoms with Crippen molar-refractivity contribution < 1.29 is 24.0 Å². The Kier molecular flexibility index (Phi) is 5.98. The molecule has 0 spiro atoms. The highest BCUT2D eigenvalue weighted by Gasteiger charge is 2.30. The van der Waals surface area contributed by atoms with Gasteiger partial charge in [-0.15, -0.1) is 0 Å². The molecule has 0 radical (unpaired) electrons. The number of nitrogens with two attached hydrogens (primary N) is 1. The molecule has 7 nitrogen and oxygen atoms in total. The van der Waals surface area contributed by atoms with E-state index in [0.29, 0.717) is 26.2 Å². The first-order chi connectivity index (χ1) is 12.6. The van der Waals surface area contributed by atoms with E-state index < -0.39 is 0 Å². The third-order valence-electron chi connectivity index (χ3n) is 5.22. The first kappa shape index (κ1) is 18.5. The third kappa shape index (κ3) is 4.46. The van der Waals surface area contributed by atoms with E-state index in [0.717, 1.165) is 37.4 Å². The second-order valence-electron chi connectivity index (χ2n) is 7.03. The topological polar surface area (TPSA) is 86.3 Å². The van der Waals surface area contributed by atoms with E-state index in [1.54, 1.807) is 0 Å². The lowest BCUT2D eigenvalue weighted by Gasteiger charge is -2.32. The molecule has 26 heavy (non-hydrogen) atoms. The van der Waals surface area contributed by atoms with Gasteiger partial charge in [-0.05, 0) is 19.1 Å². The van der Waals surface area contributed by atoms with Gasteiger partial charge in [0.05, 0.1) is 19.6 Å². The number of ether oxygens (including phenoxy) is 2. The van der Waals surface area contributed by atoms with Crippen LogP contribution in [-0.2, 0) is 9.59 Å². The Hall–Kier alpha value is -2.28. The number of primary amides is 1. The van der Waals surface area contributed by atoms with Crippen LogP contribution in [0.4, 0.5) is 0 Å². The molecule has 1 aromatic carbocycles. The van der Waals surface area contributed by atoms with Gasteiger partial charge >= 0.3 is 0 Å². The van der Waals surface area contributed by atoms with E-state index in [9.17, 15) is 9.59 Å². The molecule has 2 aliphatic heterocycles. The molecule has 7 heteroatoms. The molecule has 0 aliphatic carbocycles. The second-order valence-corrected chi connectivity index (χ2v) is 7.03. The summed E-state index contributed by atoms with van der Waals surface area (Å²) in [6, 6.07) is 7.58. The van der Waals surface area contributed by atoms with Crippen molar-refractivity contribution in [1.29, 1.82) is 0 Å². The standard InChI is InChI=1S/C19H27N3O4/c1-2-22(11-15-13-25-16-5-3-4-6-17(16)26-15)18(23)12-21-9-7-14(8-10-21)19(20)24/h3-6,14-15H,2,7-13H2,1H3,(H2,20,24)/p+1/t15-/m0/s1. The molecule has 2 heterocycles. The molecular formula is C19H28N3O4+. The zero-order valence-electron chi connectivity index (χ0n) is 15.3. The number of piperidine rings is 1. The van der Waals surface area contributed by atoms with E-state index in [-0.39, 0.29) is 23.8 Å². The van der Waals surface area contributed by atoms with Crippen LogP contribution in [0.15, 0.2) is 24.3 Å². The highest BCUT2D eigenvalue weighted by Crippen LogP contribution is 2.30. The Morgan fingerprint density at radius 3 is 2.58 bits per heavy atom. The predicted molar refractivity (Wildman–Crippen MR) is 96.1 cm³/mol. The van der Waals surface area contributed by atoms with Gasteiger partial charge in [0.2, 0.25) is 5.91 Å². The first-order valence-electron chi connectivity index (χ1n) is 9.36. The fraction of sp³-hybridized carbons (Fsp3) is 0.579. The van der Waals surface area contributed by atoms with Gasteiger partial charge in [-0.1, -0.05) is 12.1 Å². The van der Waals surface area contributed by atoms with Gasteiger partial charge in [-0.2, -0.15) is 0 Å². The Balaban J connectivity index is 1.49. The minimum absolute atomic E-state index is 0.0380. The number of quaternary nitrogens is 1. The summed E-state index contributed by atoms with van der Waals surface area (Å²) in [5, 5.41) is 0. The first-order valence-corrected chi connectivity index (χ1v) is 9.36. The van der Waals surface area contributed by atoms with E-state index in [2.05, 4.69) is 0 Å². The van der Waals surface area contributed by atoms with E-state index in [1.165, 1.54) is 4.90 Å². The van der Waals surface area contributed by atoms with Gasteiger partial charge in [-0.3, -0.25) is 9.59 Å². The normalized spacial score (nSPS) is 24.7. The highest BCUT2D eigenvalue weighted by molar-refractivity contribution is 5.77. The monoisotopic (exact) mass is 362 g/mol. The molecule has 142 valence electrons. The Bertz CT molecular complexity index is 643. The number of hydrogen-bond donors (Lipinski definition) is 2. The number of para-hydroxylation sites is 2. The van der Waals surface area contributed by atoms with Gasteiger partial charge in [0, 0.05) is 25.3 Å². The molecule has 3 N–H and O–H groups in total. The van der Waals surface area contributed by atoms with E-state index >= 15 is 0 Å². The number of amides is 2. The van der Waals surface area contributed by atoms with Crippen LogP contribution in [0.3, 0.4) is 0 Å². The quantitative estimate of drug-likeness (QED) is 0.711. The lowest BCUT2D eigenvalue weighted by molar-refractivity contribution is -0.898. The summed E-state index contributed by atoms with van der Waals surface area (Å²) in [7, 11) is 0. The van der Waals surface area contributed by atoms with Crippen molar-refractivity contribution in [3.8, 4) is 11.5 Å². The average Bonchev–Trinajstić information content (AvgIpc) is 2.66. The molecule has 0 aromatic heterocycles. The third-order valence-corrected chi connectivity index (χ3v) is 5.22. The van der Waals surface area contributed by atoms with Crippen LogP contribution >= 0.6 is 0 Å². The fourth-order valence-electron chi connectivity index (χ4n) is 3.62. The molecule has 1 fully saturated rings. The van der Waals surface area contributed by atoms with Crippen molar-refractivity contribution in [2.75, 3.05) is 39.3 Å². The maximum Gasteiger partial charge on any atom is 0.277 e. The predicted octanol–water partition coefficient (Wildman–Crippen LogP) is -0.545. The number of carbonyl (C=O) groups is 2. The number of likely N-dealkylation sites (N-methyl/N-ethyl adjacent to an activating group) is 1. The maximum absolute atomic E-state index is 12.7. The lowest BCUT2D eigenvalue weighted by Crippen LogP contribution is -3.14. The SMILES string of the molecule is CCN(C[C@H]1COc2ccccc2O1)C(=O)C[NH+]1CCC(C(N)=O)CC1. The van der Waals surface area contributed by atoms with Crippen molar-refractivity contribution in [2.24, 2.45) is 11.7 Å². The van der Waals surface area contributed by atoms with Gasteiger partial charge in [0.25, 0.3) is 5.91 Å². The summed E-state index contributed by atoms with van der Waals surface area (Å²) >= 11 is 0. The molecule has 1 aromatic rings. The van der Waals surface area contributed by atoms with Crippen LogP contribution in [0.25, 0.3) is 0 Å². The van der Waals surface area contributed by atoms with E-state index in [1.807, 2.05) is 36.1 Å². The zero-order chi connectivity index (χ0) is 18.5. The summed E-state index contributed by atoms with van der Waals surface area (Å²) in [6.07, 6.45) is 1.37. The second kappa shape index (κ2) is 8.40. The molecule has 1 saturated heterocycles. The number of fused-ring (bicyclic) bond motifs is 1. The van der Waals surface area contributed by atoms with Gasteiger partial charge in [0.1, 0.15) is 6.61 Å². The minimum Gasteiger partial charge on any atom is -0.486 e. The summed E-state index contributed by atoms with van der Waals surface area (Å²) in [4.78, 5) is 27.0. The van der Waals surface area contributed by atoms with Crippen LogP contribution in [0, 0.1) is 5.92 Å². The fourth-order valence-corrected chi connectivity index (χ4v) is 3.62. The Morgan fingerprint density at radius 1 is 1.23 bits per heavy atom. The van der Waals surface area contributed by atoms with Crippen LogP contribution in [0.2, 0.25) is 0 Å². The Labute approximate surface area is 154 Å². The molecule has 3 rings (SSSR count). The van der Waals surface area contributed by atoms with Gasteiger partial charge in [-0.25, -0.2) is 0 Å². The molecule has 2 amide bonds. The van der Waals surface area contributed by atoms with Crippen molar-refractivity contribution >= 4 is 11.8 Å². The largest absolute Gasteiger partial charge is 0.486 e. The number of likely N-dealkylation sites (tertiary alicyclic amines) is 1. The van der Waals surface area contributed by atoms with Crippen LogP contribution < -0.4 is 20.1 Å². The van der Waals surface area contributed by atoms with Crippen LogP contribution in [0.1, 0.15) is 19.8 Å². The highest BCUT2D eigenvalue weighted by atomic mass is 16.6. The van der Waals surface area contributed by atoms with Crippen molar-refractivity contribution in [3.63, 3.8) is 0 Å². The van der Waals surface area contributed by atoms with Gasteiger partial charge in [0.15, 0.2) is 24.1 Å². The molecule has 0 bridgehead atoms.